The Morgan fingerprint density at radius 3 is 2.27 bits per heavy atom. The van der Waals surface area contributed by atoms with Gasteiger partial charge in [-0.3, -0.25) is 0 Å². The summed E-state index contributed by atoms with van der Waals surface area (Å²) in [5.74, 6) is 0.695. The van der Waals surface area contributed by atoms with Crippen LogP contribution in [0, 0.1) is 50.2 Å². The Kier molecular flexibility index (Phi) is 7.08. The minimum atomic E-state index is -1.37. The number of rotatable bonds is 3. The molecule has 0 radical (unpaired) electrons. The number of fused-ring (bicyclic) bond motifs is 4. The van der Waals surface area contributed by atoms with E-state index < -0.39 is 36.1 Å². The third-order valence-electron chi connectivity index (χ3n) is 15.8. The molecule has 1 spiro atoms. The predicted molar refractivity (Wildman–Crippen MR) is 164 cm³/mol. The maximum Gasteiger partial charge on any atom is 0.186 e. The van der Waals surface area contributed by atoms with Crippen molar-refractivity contribution in [2.45, 2.75) is 148 Å². The lowest BCUT2D eigenvalue weighted by Crippen LogP contribution is -2.72. The van der Waals surface area contributed by atoms with Gasteiger partial charge in [0.05, 0.1) is 37.1 Å². The first-order valence-electron chi connectivity index (χ1n) is 17.4. The quantitative estimate of drug-likeness (QED) is 0.238. The van der Waals surface area contributed by atoms with Crippen molar-refractivity contribution in [3.63, 3.8) is 0 Å². The first-order valence-corrected chi connectivity index (χ1v) is 17.4. The smallest absolute Gasteiger partial charge is 0.186 e. The van der Waals surface area contributed by atoms with Crippen LogP contribution < -0.4 is 0 Å². The average Bonchev–Trinajstić information content (AvgIpc) is 3.24. The van der Waals surface area contributed by atoms with E-state index in [9.17, 15) is 25.5 Å². The number of aliphatic hydroxyl groups excluding tert-OH is 5. The van der Waals surface area contributed by atoms with Crippen LogP contribution in [0.15, 0.2) is 12.2 Å². The second-order valence-electron chi connectivity index (χ2n) is 18.1. The molecular formula is C36H58O8. The number of allylic oxidation sites excluding steroid dienone is 1. The van der Waals surface area contributed by atoms with Gasteiger partial charge in [0.25, 0.3) is 0 Å². The lowest BCUT2D eigenvalue weighted by atomic mass is 9.32. The first-order chi connectivity index (χ1) is 20.4. The van der Waals surface area contributed by atoms with Crippen molar-refractivity contribution in [3.05, 3.63) is 12.2 Å². The summed E-state index contributed by atoms with van der Waals surface area (Å²) in [6, 6.07) is 0. The number of ether oxygens (including phenoxy) is 3. The molecule has 4 saturated carbocycles. The van der Waals surface area contributed by atoms with Gasteiger partial charge in [0.1, 0.15) is 18.3 Å². The van der Waals surface area contributed by atoms with Crippen LogP contribution in [0.4, 0.5) is 0 Å². The molecule has 8 heteroatoms. The molecule has 44 heavy (non-hydrogen) atoms. The molecule has 5 N–H and O–H groups in total. The maximum atomic E-state index is 12.0. The van der Waals surface area contributed by atoms with Crippen molar-refractivity contribution >= 4 is 0 Å². The summed E-state index contributed by atoms with van der Waals surface area (Å²) in [5, 5.41) is 54.4. The van der Waals surface area contributed by atoms with Gasteiger partial charge in [0.2, 0.25) is 0 Å². The molecule has 8 nitrogen and oxygen atoms in total. The zero-order valence-corrected chi connectivity index (χ0v) is 28.0. The standard InChI is InChI=1S/C36H58O8/c1-20-26(39)27(40)28(41)29(43-20)44-25-10-11-31(4)21(32(25,5)18-37)8-12-33(6)22(31)9-13-36-23-16-30(2,3)14-15-35(23,19-42-36)24(38)17-34(33,36)7/h9,13,20-29,37-41H,8,10-12,14-19H2,1-7H3/t20-,21-,22-,23+,24+,25+,26+,27+,28-,29+,31+,32+,33-,34+,35-,36+/m0/s1. The molecule has 2 saturated heterocycles. The molecule has 5 aliphatic carbocycles. The molecule has 2 heterocycles. The summed E-state index contributed by atoms with van der Waals surface area (Å²) in [6.07, 6.45) is 5.98. The van der Waals surface area contributed by atoms with Gasteiger partial charge < -0.3 is 39.7 Å². The Balaban J connectivity index is 1.23. The monoisotopic (exact) mass is 618 g/mol. The molecule has 2 aliphatic heterocycles. The fraction of sp³-hybridized carbons (Fsp3) is 0.944. The van der Waals surface area contributed by atoms with Gasteiger partial charge in [-0.15, -0.1) is 0 Å². The Bertz CT molecular complexity index is 1190. The highest BCUT2D eigenvalue weighted by Crippen LogP contribution is 2.79. The van der Waals surface area contributed by atoms with Crippen molar-refractivity contribution in [1.29, 1.82) is 0 Å². The topological polar surface area (TPSA) is 129 Å². The van der Waals surface area contributed by atoms with Gasteiger partial charge in [0, 0.05) is 22.2 Å². The molecule has 250 valence electrons. The molecule has 0 unspecified atom stereocenters. The summed E-state index contributed by atoms with van der Waals surface area (Å²) < 4.78 is 19.4. The van der Waals surface area contributed by atoms with Crippen molar-refractivity contribution < 1.29 is 39.7 Å². The molecule has 16 atom stereocenters. The summed E-state index contributed by atoms with van der Waals surface area (Å²) in [7, 11) is 0. The normalized spacial score (nSPS) is 61.0. The molecule has 0 aromatic carbocycles. The van der Waals surface area contributed by atoms with E-state index in [0.29, 0.717) is 18.9 Å². The second-order valence-corrected chi connectivity index (χ2v) is 18.1. The molecule has 7 rings (SSSR count). The van der Waals surface area contributed by atoms with Crippen LogP contribution >= 0.6 is 0 Å². The van der Waals surface area contributed by atoms with E-state index in [2.05, 4.69) is 53.7 Å². The van der Waals surface area contributed by atoms with E-state index in [-0.39, 0.29) is 63.3 Å². The molecule has 0 amide bonds. The van der Waals surface area contributed by atoms with Crippen molar-refractivity contribution in [2.24, 2.45) is 50.2 Å². The second kappa shape index (κ2) is 9.74. The zero-order chi connectivity index (χ0) is 31.9. The van der Waals surface area contributed by atoms with Crippen molar-refractivity contribution in [2.75, 3.05) is 13.2 Å². The molecular weight excluding hydrogens is 560 g/mol. The van der Waals surface area contributed by atoms with Gasteiger partial charge in [-0.05, 0) is 86.4 Å². The molecule has 2 bridgehead atoms. The summed E-state index contributed by atoms with van der Waals surface area (Å²) >= 11 is 0. The number of hydrogen-bond acceptors (Lipinski definition) is 8. The molecule has 0 aromatic rings. The van der Waals surface area contributed by atoms with Crippen LogP contribution in [-0.4, -0.2) is 87.3 Å². The highest BCUT2D eigenvalue weighted by atomic mass is 16.7. The first kappa shape index (κ1) is 32.0. The predicted octanol–water partition coefficient (Wildman–Crippen LogP) is 3.95. The van der Waals surface area contributed by atoms with Crippen LogP contribution in [-0.2, 0) is 14.2 Å². The van der Waals surface area contributed by atoms with E-state index in [1.807, 2.05) is 0 Å². The van der Waals surface area contributed by atoms with Gasteiger partial charge in [-0.1, -0.05) is 53.7 Å². The fourth-order valence-corrected chi connectivity index (χ4v) is 12.8. The number of hydrogen-bond donors (Lipinski definition) is 5. The van der Waals surface area contributed by atoms with Crippen LogP contribution in [0.25, 0.3) is 0 Å². The van der Waals surface area contributed by atoms with Crippen molar-refractivity contribution in [1.82, 2.24) is 0 Å². The Hall–Kier alpha value is -0.580. The third kappa shape index (κ3) is 3.75. The average molecular weight is 619 g/mol. The highest BCUT2D eigenvalue weighted by molar-refractivity contribution is 5.36. The van der Waals surface area contributed by atoms with E-state index in [1.54, 1.807) is 6.92 Å². The molecule has 6 fully saturated rings. The SMILES string of the molecule is C[C@@H]1O[C@H](O[C@@H]2CC[C@]3(C)[C@H](CC[C@@]4(C)[C@H]3C=C[C@@]35OC[C@]6(CCC(C)(C)C[C@H]63)[C@H](O)C[C@]45C)[C@@]2(C)CO)[C@@H](O)[C@H](O)[C@@H]1O. The zero-order valence-electron chi connectivity index (χ0n) is 28.0. The van der Waals surface area contributed by atoms with Gasteiger partial charge in [-0.2, -0.15) is 0 Å². The molecule has 7 aliphatic rings. The van der Waals surface area contributed by atoms with E-state index >= 15 is 0 Å². The lowest BCUT2D eigenvalue weighted by molar-refractivity contribution is -0.329. The summed E-state index contributed by atoms with van der Waals surface area (Å²) in [5.41, 5.74) is -1.36. The summed E-state index contributed by atoms with van der Waals surface area (Å²) in [6.45, 7) is 16.4. The van der Waals surface area contributed by atoms with Gasteiger partial charge in [0.15, 0.2) is 6.29 Å². The van der Waals surface area contributed by atoms with Crippen LogP contribution in [0.3, 0.4) is 0 Å². The van der Waals surface area contributed by atoms with E-state index in [0.717, 1.165) is 44.9 Å². The minimum absolute atomic E-state index is 0.0582. The fourth-order valence-electron chi connectivity index (χ4n) is 12.8. The lowest BCUT2D eigenvalue weighted by Gasteiger charge is -2.73. The van der Waals surface area contributed by atoms with E-state index in [4.69, 9.17) is 14.2 Å². The maximum absolute atomic E-state index is 12.0. The largest absolute Gasteiger partial charge is 0.396 e. The Morgan fingerprint density at radius 1 is 0.841 bits per heavy atom. The third-order valence-corrected chi connectivity index (χ3v) is 15.8. The van der Waals surface area contributed by atoms with Gasteiger partial charge in [-0.25, -0.2) is 0 Å². The van der Waals surface area contributed by atoms with Gasteiger partial charge >= 0.3 is 0 Å². The Labute approximate surface area is 263 Å². The summed E-state index contributed by atoms with van der Waals surface area (Å²) in [4.78, 5) is 0. The van der Waals surface area contributed by atoms with Crippen molar-refractivity contribution in [3.8, 4) is 0 Å². The molecule has 0 aromatic heterocycles. The van der Waals surface area contributed by atoms with Crippen LogP contribution in [0.1, 0.15) is 99.8 Å². The minimum Gasteiger partial charge on any atom is -0.396 e. The highest BCUT2D eigenvalue weighted by Gasteiger charge is 2.79. The van der Waals surface area contributed by atoms with Crippen LogP contribution in [0.2, 0.25) is 0 Å². The number of aliphatic hydroxyl groups is 5. The van der Waals surface area contributed by atoms with E-state index in [1.165, 1.54) is 0 Å². The van der Waals surface area contributed by atoms with Crippen LogP contribution in [0.5, 0.6) is 0 Å². The Morgan fingerprint density at radius 2 is 1.57 bits per heavy atom.